The molecule has 470 valence electrons. The van der Waals surface area contributed by atoms with E-state index in [-0.39, 0.29) is 0 Å². The van der Waals surface area contributed by atoms with Crippen molar-refractivity contribution in [1.29, 1.82) is 0 Å². The number of hydrogen-bond donors (Lipinski definition) is 22. The molecule has 5 rings (SSSR count). The molecule has 36 nitrogen and oxygen atoms in total. The van der Waals surface area contributed by atoms with E-state index >= 15 is 0 Å². The van der Waals surface area contributed by atoms with E-state index in [1.807, 2.05) is 0 Å². The van der Waals surface area contributed by atoms with Gasteiger partial charge < -0.3 is 160 Å². The molecule has 0 aromatic carbocycles. The zero-order valence-electron chi connectivity index (χ0n) is 43.9. The van der Waals surface area contributed by atoms with Crippen molar-refractivity contribution in [3.63, 3.8) is 0 Å². The van der Waals surface area contributed by atoms with Crippen molar-refractivity contribution < 1.29 is 164 Å². The minimum atomic E-state index is -3.06. The Hall–Kier alpha value is -3.24. The quantitative estimate of drug-likeness (QED) is 0.0404. The summed E-state index contributed by atoms with van der Waals surface area (Å²) in [5.41, 5.74) is 0. The van der Waals surface area contributed by atoms with Crippen LogP contribution >= 0.6 is 0 Å². The van der Waals surface area contributed by atoms with Crippen LogP contribution in [0, 0.1) is 0 Å². The largest absolute Gasteiger partial charge is 0.477 e. The summed E-state index contributed by atoms with van der Waals surface area (Å²) in [6.45, 7) is -2.55. The van der Waals surface area contributed by atoms with Crippen molar-refractivity contribution >= 4 is 23.7 Å². The number of ether oxygens (including phenoxy) is 10. The first-order valence-electron chi connectivity index (χ1n) is 25.5. The molecular weight excluding hydrogens is 1110 g/mol. The number of nitrogens with one attached hydrogen (secondary N) is 3. The molecule has 5 fully saturated rings. The molecule has 5 heterocycles. The van der Waals surface area contributed by atoms with Gasteiger partial charge in [-0.05, 0) is 6.92 Å². The summed E-state index contributed by atoms with van der Waals surface area (Å²) in [5, 5.41) is 211. The Morgan fingerprint density at radius 1 is 0.568 bits per heavy atom. The molecule has 0 unspecified atom stereocenters. The second-order valence-corrected chi connectivity index (χ2v) is 20.2. The summed E-state index contributed by atoms with van der Waals surface area (Å²) in [6.07, 6.45) is -53.2. The lowest BCUT2D eigenvalue weighted by molar-refractivity contribution is -0.387. The molecular formula is C45H77N3O33. The van der Waals surface area contributed by atoms with Gasteiger partial charge in [-0.3, -0.25) is 14.4 Å². The van der Waals surface area contributed by atoms with E-state index in [0.29, 0.717) is 0 Å². The van der Waals surface area contributed by atoms with E-state index in [1.165, 1.54) is 6.92 Å². The normalized spacial score (nSPS) is 42.6. The number of carboxylic acid groups (broad SMARTS) is 1. The number of aliphatic hydroxyl groups is 18. The van der Waals surface area contributed by atoms with Gasteiger partial charge in [0, 0.05) is 27.2 Å². The molecule has 0 bridgehead atoms. The van der Waals surface area contributed by atoms with Gasteiger partial charge in [-0.1, -0.05) is 0 Å². The smallest absolute Gasteiger partial charge is 0.364 e. The van der Waals surface area contributed by atoms with Crippen LogP contribution in [0.25, 0.3) is 0 Å². The van der Waals surface area contributed by atoms with Crippen LogP contribution in [0.3, 0.4) is 0 Å². The second-order valence-electron chi connectivity index (χ2n) is 20.2. The fourth-order valence-electron chi connectivity index (χ4n) is 9.84. The first kappa shape index (κ1) is 68.5. The van der Waals surface area contributed by atoms with E-state index in [2.05, 4.69) is 16.0 Å². The van der Waals surface area contributed by atoms with Crippen LogP contribution in [0.15, 0.2) is 0 Å². The van der Waals surface area contributed by atoms with Gasteiger partial charge in [0.05, 0.1) is 63.9 Å². The van der Waals surface area contributed by atoms with Gasteiger partial charge in [-0.2, -0.15) is 0 Å². The number of amides is 3. The zero-order chi connectivity index (χ0) is 60.7. The van der Waals surface area contributed by atoms with Crippen LogP contribution in [-0.2, 0) is 66.5 Å². The summed E-state index contributed by atoms with van der Waals surface area (Å²) < 4.78 is 57.3. The Bertz CT molecular complexity index is 2020. The predicted octanol–water partition coefficient (Wildman–Crippen LogP) is -13.8. The summed E-state index contributed by atoms with van der Waals surface area (Å²) in [5.74, 6) is -7.68. The maximum Gasteiger partial charge on any atom is 0.364 e. The van der Waals surface area contributed by atoms with E-state index in [9.17, 15) is 116 Å². The molecule has 5 aliphatic rings. The maximum atomic E-state index is 12.8. The van der Waals surface area contributed by atoms with Gasteiger partial charge in [0.15, 0.2) is 25.2 Å². The summed E-state index contributed by atoms with van der Waals surface area (Å²) in [7, 11) is 0. The van der Waals surface area contributed by atoms with Crippen LogP contribution < -0.4 is 16.0 Å². The standard InChI is InChI=1S/C45H77N3O33/c1-12-25(60)30(65)33(68)41(73-12)80-39-31(66)28(63)20(8-51)75-43(39)79-37-24(48-15(4)56)40(74-21(9-52)29(37)64)78-36-22(10-53)76-42(34(69)32(36)67)77-35(16(6-49)46-13(2)54)27(62)19(59)11-72-45(44(70)71)5-17(57)23(47-14(3)55)38(81-45)26(61)18(58)7-50/h12,16-43,49-53,57-69H,5-11H2,1-4H3,(H,46,54)(H,47,55)(H,48,56)(H,70,71)/t12-,16-,17-,18+,19+,20+,21+,22+,23+,24+,25+,26+,27-,28-,29-,30+,31-,32+,33-,34+,35+,36-,37+,38+,39+,40+,41-,42-,43-,45+/m0/s1. The van der Waals surface area contributed by atoms with Gasteiger partial charge in [-0.25, -0.2) is 4.79 Å². The monoisotopic (exact) mass is 1190 g/mol. The fourth-order valence-corrected chi connectivity index (χ4v) is 9.84. The molecule has 5 aliphatic heterocycles. The van der Waals surface area contributed by atoms with Crippen molar-refractivity contribution in [2.75, 3.05) is 39.6 Å². The highest BCUT2D eigenvalue weighted by Gasteiger charge is 2.59. The first-order chi connectivity index (χ1) is 38.0. The third-order valence-electron chi connectivity index (χ3n) is 14.2. The number of carbonyl (C=O) groups is 4. The lowest BCUT2D eigenvalue weighted by Crippen LogP contribution is -2.70. The Morgan fingerprint density at radius 2 is 1.10 bits per heavy atom. The molecule has 30 atom stereocenters. The van der Waals surface area contributed by atoms with Crippen molar-refractivity contribution in [3.05, 3.63) is 0 Å². The average Bonchev–Trinajstić information content (AvgIpc) is 3.48. The number of aliphatic carboxylic acids is 1. The molecule has 36 heteroatoms. The first-order valence-corrected chi connectivity index (χ1v) is 25.5. The van der Waals surface area contributed by atoms with E-state index < -0.39 is 253 Å². The van der Waals surface area contributed by atoms with Gasteiger partial charge in [0.2, 0.25) is 17.7 Å². The van der Waals surface area contributed by atoms with E-state index in [1.54, 1.807) is 0 Å². The van der Waals surface area contributed by atoms with Crippen molar-refractivity contribution in [1.82, 2.24) is 16.0 Å². The number of aliphatic hydroxyl groups excluding tert-OH is 18. The Kier molecular flexibility index (Phi) is 25.1. The molecule has 0 aromatic heterocycles. The minimum Gasteiger partial charge on any atom is -0.477 e. The van der Waals surface area contributed by atoms with Crippen LogP contribution in [0.1, 0.15) is 34.1 Å². The predicted molar refractivity (Wildman–Crippen MR) is 252 cm³/mol. The van der Waals surface area contributed by atoms with Crippen LogP contribution in [0.4, 0.5) is 0 Å². The summed E-state index contributed by atoms with van der Waals surface area (Å²) in [6, 6.07) is -5.24. The summed E-state index contributed by atoms with van der Waals surface area (Å²) in [4.78, 5) is 49.8. The van der Waals surface area contributed by atoms with Gasteiger partial charge in [0.25, 0.3) is 5.79 Å². The van der Waals surface area contributed by atoms with Crippen molar-refractivity contribution in [2.24, 2.45) is 0 Å². The Balaban J connectivity index is 1.40. The average molecular weight is 1190 g/mol. The lowest BCUT2D eigenvalue weighted by Gasteiger charge is -2.50. The highest BCUT2D eigenvalue weighted by atomic mass is 16.8. The van der Waals surface area contributed by atoms with Crippen molar-refractivity contribution in [3.8, 4) is 0 Å². The minimum absolute atomic E-state index is 0.810. The van der Waals surface area contributed by atoms with Crippen LogP contribution in [-0.4, -0.2) is 344 Å². The Morgan fingerprint density at radius 3 is 1.65 bits per heavy atom. The van der Waals surface area contributed by atoms with Gasteiger partial charge >= 0.3 is 5.97 Å². The SMILES string of the molecule is CC(=O)N[C@H]1[C@@H](O[C@@H]2[C@H](O)[C@@H](O)[C@H](O[C@@H]([C@@H](O)[C@H](O)CO[C@]3(C(=O)O)C[C@H](O)[C@@H](NC(C)=O)[C@H]([C@H](O)[C@H](O)CO)O3)[C@H](CO)NC(C)=O)O[C@@H]2CO)O[C@H](CO)[C@H](O)[C@@H]1O[C@@H]1O[C@H](CO)[C@H](O)[C@H](O)[C@H]1O[C@@H]1O[C@@H](C)[C@@H](O)[C@@H](O)[C@@H]1O. The molecule has 81 heavy (non-hydrogen) atoms. The molecule has 0 saturated carbocycles. The third kappa shape index (κ3) is 15.8. The Labute approximate surface area is 459 Å². The van der Waals surface area contributed by atoms with Crippen LogP contribution in [0.2, 0.25) is 0 Å². The number of carboxylic acids is 1. The lowest BCUT2D eigenvalue weighted by atomic mass is 9.88. The molecule has 0 spiro atoms. The molecule has 0 radical (unpaired) electrons. The summed E-state index contributed by atoms with van der Waals surface area (Å²) >= 11 is 0. The number of hydrogen-bond acceptors (Lipinski definition) is 32. The van der Waals surface area contributed by atoms with Crippen molar-refractivity contribution in [2.45, 2.75) is 217 Å². The van der Waals surface area contributed by atoms with Crippen LogP contribution in [0.5, 0.6) is 0 Å². The number of carbonyl (C=O) groups excluding carboxylic acids is 3. The fraction of sp³-hybridized carbons (Fsp3) is 0.911. The number of rotatable bonds is 25. The third-order valence-corrected chi connectivity index (χ3v) is 14.2. The zero-order valence-corrected chi connectivity index (χ0v) is 43.9. The van der Waals surface area contributed by atoms with Gasteiger partial charge in [-0.15, -0.1) is 0 Å². The van der Waals surface area contributed by atoms with E-state index in [0.717, 1.165) is 20.8 Å². The topological polar surface area (TPSA) is 581 Å². The maximum absolute atomic E-state index is 12.8. The molecule has 0 aliphatic carbocycles. The molecule has 3 amide bonds. The highest BCUT2D eigenvalue weighted by molar-refractivity contribution is 5.77. The van der Waals surface area contributed by atoms with E-state index in [4.69, 9.17) is 47.4 Å². The molecule has 0 aromatic rings. The second kappa shape index (κ2) is 29.7. The molecule has 5 saturated heterocycles. The highest BCUT2D eigenvalue weighted by Crippen LogP contribution is 2.37. The molecule has 22 N–H and O–H groups in total. The van der Waals surface area contributed by atoms with Gasteiger partial charge in [0.1, 0.15) is 128 Å².